The second-order valence-electron chi connectivity index (χ2n) is 2.94. The molecule has 70 valence electrons. The molecule has 3 heteroatoms. The minimum atomic E-state index is -0.889. The van der Waals surface area contributed by atoms with E-state index in [2.05, 4.69) is 11.9 Å². The molecule has 1 rings (SSSR count). The summed E-state index contributed by atoms with van der Waals surface area (Å²) in [6, 6.07) is 3.15. The number of carboxylic acids is 1. The predicted molar refractivity (Wildman–Crippen MR) is 49.8 cm³/mol. The summed E-state index contributed by atoms with van der Waals surface area (Å²) in [5.74, 6) is -0.889. The fourth-order valence-electron chi connectivity index (χ4n) is 1.11. The Balaban J connectivity index is 2.73. The van der Waals surface area contributed by atoms with E-state index in [9.17, 15) is 4.79 Å². The first-order valence-electron chi connectivity index (χ1n) is 4.42. The third-order valence-corrected chi connectivity index (χ3v) is 1.85. The Morgan fingerprint density at radius 1 is 1.62 bits per heavy atom. The van der Waals surface area contributed by atoms with Crippen molar-refractivity contribution in [1.82, 2.24) is 4.98 Å². The van der Waals surface area contributed by atoms with Crippen molar-refractivity contribution in [3.8, 4) is 0 Å². The zero-order chi connectivity index (χ0) is 9.68. The van der Waals surface area contributed by atoms with Crippen molar-refractivity contribution < 1.29 is 9.90 Å². The molecular weight excluding hydrogens is 166 g/mol. The van der Waals surface area contributed by atoms with Gasteiger partial charge in [-0.1, -0.05) is 13.3 Å². The number of hydrogen-bond donors (Lipinski definition) is 1. The molecule has 0 aliphatic carbocycles. The Labute approximate surface area is 77.4 Å². The minimum Gasteiger partial charge on any atom is -0.478 e. The van der Waals surface area contributed by atoms with Crippen LogP contribution in [0, 0.1) is 0 Å². The highest BCUT2D eigenvalue weighted by atomic mass is 16.4. The molecule has 0 fully saturated rings. The molecule has 3 nitrogen and oxygen atoms in total. The maximum atomic E-state index is 10.6. The minimum absolute atomic E-state index is 0.320. The number of aryl methyl sites for hydroxylation is 1. The Bertz CT molecular complexity index is 297. The van der Waals surface area contributed by atoms with Gasteiger partial charge in [-0.15, -0.1) is 0 Å². The van der Waals surface area contributed by atoms with Gasteiger partial charge >= 0.3 is 5.97 Å². The van der Waals surface area contributed by atoms with Crippen molar-refractivity contribution in [1.29, 1.82) is 0 Å². The Morgan fingerprint density at radius 3 is 3.00 bits per heavy atom. The number of rotatable bonds is 4. The van der Waals surface area contributed by atoms with Crippen LogP contribution in [0.4, 0.5) is 0 Å². The van der Waals surface area contributed by atoms with Gasteiger partial charge in [0.25, 0.3) is 0 Å². The van der Waals surface area contributed by atoms with Crippen LogP contribution < -0.4 is 0 Å². The molecule has 0 spiro atoms. The van der Waals surface area contributed by atoms with E-state index in [1.807, 2.05) is 0 Å². The molecule has 1 aromatic heterocycles. The average Bonchev–Trinajstić information content (AvgIpc) is 2.15. The van der Waals surface area contributed by atoms with Crippen LogP contribution in [-0.4, -0.2) is 16.1 Å². The van der Waals surface area contributed by atoms with Gasteiger partial charge in [0, 0.05) is 11.9 Å². The SMILES string of the molecule is CCCCc1cc(C(=O)O)ccn1. The van der Waals surface area contributed by atoms with Gasteiger partial charge in [-0.2, -0.15) is 0 Å². The van der Waals surface area contributed by atoms with Crippen molar-refractivity contribution in [3.05, 3.63) is 29.6 Å². The lowest BCUT2D eigenvalue weighted by molar-refractivity contribution is 0.0696. The van der Waals surface area contributed by atoms with Gasteiger partial charge in [0.05, 0.1) is 5.56 Å². The van der Waals surface area contributed by atoms with Crippen LogP contribution in [0.1, 0.15) is 35.8 Å². The Morgan fingerprint density at radius 2 is 2.38 bits per heavy atom. The van der Waals surface area contributed by atoms with E-state index < -0.39 is 5.97 Å². The third kappa shape index (κ3) is 2.86. The van der Waals surface area contributed by atoms with Crippen LogP contribution in [0.15, 0.2) is 18.3 Å². The third-order valence-electron chi connectivity index (χ3n) is 1.85. The molecule has 0 aliphatic heterocycles. The van der Waals surface area contributed by atoms with Crippen LogP contribution in [0.25, 0.3) is 0 Å². The summed E-state index contributed by atoms with van der Waals surface area (Å²) >= 11 is 0. The van der Waals surface area contributed by atoms with Gasteiger partial charge in [0.15, 0.2) is 0 Å². The highest BCUT2D eigenvalue weighted by molar-refractivity contribution is 5.87. The summed E-state index contributed by atoms with van der Waals surface area (Å²) in [5, 5.41) is 8.71. The van der Waals surface area contributed by atoms with E-state index in [0.29, 0.717) is 5.56 Å². The Kier molecular flexibility index (Phi) is 3.43. The van der Waals surface area contributed by atoms with Crippen molar-refractivity contribution >= 4 is 5.97 Å². The van der Waals surface area contributed by atoms with Crippen LogP contribution in [0.3, 0.4) is 0 Å². The molecule has 1 heterocycles. The molecule has 0 aliphatic rings. The normalized spacial score (nSPS) is 9.92. The summed E-state index contributed by atoms with van der Waals surface area (Å²) in [6.45, 7) is 2.10. The lowest BCUT2D eigenvalue weighted by Crippen LogP contribution is -1.99. The van der Waals surface area contributed by atoms with Gasteiger partial charge in [0.2, 0.25) is 0 Å². The first-order valence-corrected chi connectivity index (χ1v) is 4.42. The lowest BCUT2D eigenvalue weighted by Gasteiger charge is -1.99. The van der Waals surface area contributed by atoms with E-state index in [0.717, 1.165) is 25.0 Å². The maximum absolute atomic E-state index is 10.6. The van der Waals surface area contributed by atoms with E-state index in [1.165, 1.54) is 6.07 Å². The second kappa shape index (κ2) is 4.60. The van der Waals surface area contributed by atoms with E-state index >= 15 is 0 Å². The number of carboxylic acid groups (broad SMARTS) is 1. The number of unbranched alkanes of at least 4 members (excludes halogenated alkanes) is 1. The summed E-state index contributed by atoms with van der Waals surface area (Å²) in [7, 11) is 0. The monoisotopic (exact) mass is 179 g/mol. The lowest BCUT2D eigenvalue weighted by atomic mass is 10.1. The molecule has 0 unspecified atom stereocenters. The largest absolute Gasteiger partial charge is 0.478 e. The number of carbonyl (C=O) groups is 1. The Hall–Kier alpha value is -1.38. The van der Waals surface area contributed by atoms with Crippen LogP contribution >= 0.6 is 0 Å². The molecule has 13 heavy (non-hydrogen) atoms. The molecule has 1 N–H and O–H groups in total. The van der Waals surface area contributed by atoms with Gasteiger partial charge in [-0.25, -0.2) is 4.79 Å². The zero-order valence-corrected chi connectivity index (χ0v) is 7.66. The smallest absolute Gasteiger partial charge is 0.335 e. The zero-order valence-electron chi connectivity index (χ0n) is 7.66. The van der Waals surface area contributed by atoms with Crippen molar-refractivity contribution in [2.45, 2.75) is 26.2 Å². The van der Waals surface area contributed by atoms with E-state index in [1.54, 1.807) is 12.3 Å². The van der Waals surface area contributed by atoms with Gasteiger partial charge in [0.1, 0.15) is 0 Å². The topological polar surface area (TPSA) is 50.2 Å². The van der Waals surface area contributed by atoms with Crippen LogP contribution in [-0.2, 0) is 6.42 Å². The van der Waals surface area contributed by atoms with Crippen LogP contribution in [0.5, 0.6) is 0 Å². The molecule has 0 amide bonds. The highest BCUT2D eigenvalue weighted by Crippen LogP contribution is 2.05. The quantitative estimate of drug-likeness (QED) is 0.770. The molecule has 0 saturated heterocycles. The number of pyridine rings is 1. The van der Waals surface area contributed by atoms with E-state index in [4.69, 9.17) is 5.11 Å². The van der Waals surface area contributed by atoms with E-state index in [-0.39, 0.29) is 0 Å². The molecule has 0 aromatic carbocycles. The molecule has 0 radical (unpaired) electrons. The fraction of sp³-hybridized carbons (Fsp3) is 0.400. The summed E-state index contributed by atoms with van der Waals surface area (Å²) in [6.07, 6.45) is 4.56. The molecule has 1 aromatic rings. The van der Waals surface area contributed by atoms with Gasteiger partial charge in [-0.3, -0.25) is 4.98 Å². The first-order chi connectivity index (χ1) is 6.24. The van der Waals surface area contributed by atoms with Crippen molar-refractivity contribution in [2.24, 2.45) is 0 Å². The number of nitrogens with zero attached hydrogens (tertiary/aromatic N) is 1. The fourth-order valence-corrected chi connectivity index (χ4v) is 1.11. The average molecular weight is 179 g/mol. The summed E-state index contributed by atoms with van der Waals surface area (Å²) < 4.78 is 0. The number of aromatic nitrogens is 1. The maximum Gasteiger partial charge on any atom is 0.335 e. The van der Waals surface area contributed by atoms with Crippen LogP contribution in [0.2, 0.25) is 0 Å². The second-order valence-corrected chi connectivity index (χ2v) is 2.94. The van der Waals surface area contributed by atoms with Gasteiger partial charge < -0.3 is 5.11 Å². The molecule has 0 atom stereocenters. The van der Waals surface area contributed by atoms with Crippen molar-refractivity contribution in [3.63, 3.8) is 0 Å². The van der Waals surface area contributed by atoms with Crippen molar-refractivity contribution in [2.75, 3.05) is 0 Å². The summed E-state index contributed by atoms with van der Waals surface area (Å²) in [5.41, 5.74) is 1.18. The molecular formula is C10H13NO2. The number of hydrogen-bond acceptors (Lipinski definition) is 2. The predicted octanol–water partition coefficient (Wildman–Crippen LogP) is 2.12. The number of aromatic carboxylic acids is 1. The first kappa shape index (κ1) is 9.71. The molecule has 0 saturated carbocycles. The highest BCUT2D eigenvalue weighted by Gasteiger charge is 2.03. The van der Waals surface area contributed by atoms with Gasteiger partial charge in [-0.05, 0) is 25.0 Å². The standard InChI is InChI=1S/C10H13NO2/c1-2-3-4-9-7-8(10(12)13)5-6-11-9/h5-7H,2-4H2,1H3,(H,12,13). The molecule has 0 bridgehead atoms. The summed E-state index contributed by atoms with van der Waals surface area (Å²) in [4.78, 5) is 14.7.